The highest BCUT2D eigenvalue weighted by atomic mass is 35.5. The Hall–Kier alpha value is -3.77. The summed E-state index contributed by atoms with van der Waals surface area (Å²) in [5.74, 6) is -1.01. The molecule has 1 aliphatic carbocycles. The Labute approximate surface area is 225 Å². The number of pyridine rings is 1. The first kappa shape index (κ1) is 25.9. The first-order chi connectivity index (χ1) is 18.4. The first-order valence-electron chi connectivity index (χ1n) is 12.9. The van der Waals surface area contributed by atoms with Gasteiger partial charge in [0.05, 0.1) is 11.2 Å². The normalized spacial score (nSPS) is 14.4. The average Bonchev–Trinajstić information content (AvgIpc) is 3.31. The zero-order valence-electron chi connectivity index (χ0n) is 20.8. The zero-order valence-corrected chi connectivity index (χ0v) is 21.6. The molecule has 38 heavy (non-hydrogen) atoms. The van der Waals surface area contributed by atoms with Crippen molar-refractivity contribution in [2.75, 3.05) is 6.54 Å². The molecule has 0 fully saturated rings. The Bertz CT molecular complexity index is 1500. The molecule has 3 aromatic carbocycles. The van der Waals surface area contributed by atoms with Crippen LogP contribution in [0.1, 0.15) is 58.6 Å². The van der Waals surface area contributed by atoms with Crippen LogP contribution in [0, 0.1) is 5.82 Å². The van der Waals surface area contributed by atoms with Gasteiger partial charge in [0, 0.05) is 40.4 Å². The number of halogens is 2. The largest absolute Gasteiger partial charge is 0.481 e. The molecule has 1 atom stereocenters. The number of fused-ring (bicyclic) bond motifs is 2. The van der Waals surface area contributed by atoms with Crippen LogP contribution in [0.15, 0.2) is 66.7 Å². The lowest BCUT2D eigenvalue weighted by molar-refractivity contribution is -0.137. The minimum Gasteiger partial charge on any atom is -0.481 e. The lowest BCUT2D eigenvalue weighted by Gasteiger charge is -2.14. The Morgan fingerprint density at radius 1 is 1.03 bits per heavy atom. The van der Waals surface area contributed by atoms with E-state index in [1.807, 2.05) is 30.3 Å². The highest BCUT2D eigenvalue weighted by Gasteiger charge is 2.23. The molecule has 0 radical (unpaired) electrons. The minimum atomic E-state index is -0.819. The van der Waals surface area contributed by atoms with Crippen molar-refractivity contribution in [3.05, 3.63) is 99.8 Å². The fraction of sp³-hybridized carbons (Fsp3) is 0.258. The Kier molecular flexibility index (Phi) is 7.70. The van der Waals surface area contributed by atoms with Crippen molar-refractivity contribution >= 4 is 34.4 Å². The van der Waals surface area contributed by atoms with Crippen molar-refractivity contribution in [2.24, 2.45) is 0 Å². The summed E-state index contributed by atoms with van der Waals surface area (Å²) in [6, 6.07) is 19.6. The summed E-state index contributed by atoms with van der Waals surface area (Å²) in [6.45, 7) is 0.558. The fourth-order valence-corrected chi connectivity index (χ4v) is 5.40. The summed E-state index contributed by atoms with van der Waals surface area (Å²) in [7, 11) is 0. The van der Waals surface area contributed by atoms with E-state index in [1.165, 1.54) is 23.3 Å². The molecule has 7 heteroatoms. The molecule has 0 bridgehead atoms. The average molecular weight is 531 g/mol. The van der Waals surface area contributed by atoms with E-state index < -0.39 is 5.97 Å². The Morgan fingerprint density at radius 3 is 2.63 bits per heavy atom. The Balaban J connectivity index is 1.36. The summed E-state index contributed by atoms with van der Waals surface area (Å²) in [6.07, 6.45) is 3.91. The maximum atomic E-state index is 13.5. The van der Waals surface area contributed by atoms with Gasteiger partial charge in [-0.15, -0.1) is 0 Å². The number of nitrogens with zero attached hydrogens (tertiary/aromatic N) is 1. The first-order valence-corrected chi connectivity index (χ1v) is 13.2. The van der Waals surface area contributed by atoms with E-state index in [4.69, 9.17) is 21.7 Å². The van der Waals surface area contributed by atoms with Crippen molar-refractivity contribution < 1.29 is 19.1 Å². The van der Waals surface area contributed by atoms with Gasteiger partial charge in [-0.2, -0.15) is 0 Å². The quantitative estimate of drug-likeness (QED) is 0.229. The van der Waals surface area contributed by atoms with Crippen LogP contribution in [0.2, 0.25) is 5.02 Å². The van der Waals surface area contributed by atoms with Gasteiger partial charge in [0.2, 0.25) is 0 Å². The smallest absolute Gasteiger partial charge is 0.303 e. The van der Waals surface area contributed by atoms with Gasteiger partial charge in [0.25, 0.3) is 5.91 Å². The van der Waals surface area contributed by atoms with Crippen molar-refractivity contribution in [1.82, 2.24) is 10.3 Å². The van der Waals surface area contributed by atoms with Crippen molar-refractivity contribution in [1.29, 1.82) is 0 Å². The van der Waals surface area contributed by atoms with E-state index in [-0.39, 0.29) is 24.1 Å². The van der Waals surface area contributed by atoms with Crippen molar-refractivity contribution in [3.63, 3.8) is 0 Å². The number of aryl methyl sites for hydroxylation is 2. The van der Waals surface area contributed by atoms with E-state index in [0.29, 0.717) is 31.4 Å². The maximum absolute atomic E-state index is 13.5. The number of nitrogens with one attached hydrogen (secondary N) is 1. The molecule has 1 amide bonds. The molecule has 5 rings (SSSR count). The number of aliphatic carboxylic acids is 1. The van der Waals surface area contributed by atoms with Gasteiger partial charge in [-0.05, 0) is 109 Å². The van der Waals surface area contributed by atoms with Gasteiger partial charge in [-0.1, -0.05) is 17.7 Å². The van der Waals surface area contributed by atoms with Crippen molar-refractivity contribution in [3.8, 4) is 11.3 Å². The second-order valence-electron chi connectivity index (χ2n) is 9.80. The molecular weight excluding hydrogens is 503 g/mol. The molecule has 0 saturated carbocycles. The third kappa shape index (κ3) is 5.86. The number of aromatic nitrogens is 1. The number of carboxylic acids is 1. The molecule has 0 aliphatic heterocycles. The monoisotopic (exact) mass is 530 g/mol. The highest BCUT2D eigenvalue weighted by molar-refractivity contribution is 6.30. The topological polar surface area (TPSA) is 79.3 Å². The van der Waals surface area contributed by atoms with Crippen LogP contribution in [-0.2, 0) is 17.6 Å². The van der Waals surface area contributed by atoms with E-state index in [0.717, 1.165) is 45.6 Å². The molecule has 194 valence electrons. The lowest BCUT2D eigenvalue weighted by atomic mass is 9.98. The number of carboxylic acid groups (broad SMARTS) is 1. The number of hydrogen-bond acceptors (Lipinski definition) is 3. The molecule has 0 spiro atoms. The number of benzene rings is 3. The van der Waals surface area contributed by atoms with Crippen LogP contribution in [0.3, 0.4) is 0 Å². The van der Waals surface area contributed by atoms with Gasteiger partial charge >= 0.3 is 5.97 Å². The molecule has 4 aromatic rings. The summed E-state index contributed by atoms with van der Waals surface area (Å²) in [5, 5.41) is 13.6. The summed E-state index contributed by atoms with van der Waals surface area (Å²) in [4.78, 5) is 28.8. The Morgan fingerprint density at radius 2 is 1.84 bits per heavy atom. The van der Waals surface area contributed by atoms with Gasteiger partial charge in [-0.3, -0.25) is 9.59 Å². The van der Waals surface area contributed by atoms with Crippen LogP contribution in [-0.4, -0.2) is 28.5 Å². The summed E-state index contributed by atoms with van der Waals surface area (Å²) < 4.78 is 13.5. The van der Waals surface area contributed by atoms with E-state index >= 15 is 0 Å². The van der Waals surface area contributed by atoms with Crippen LogP contribution < -0.4 is 5.32 Å². The number of hydrogen-bond donors (Lipinski definition) is 2. The number of carbonyl (C=O) groups is 2. The SMILES string of the molecule is O=C(O)CCCCc1cc2cc(C(=O)NCC3CCc4cc(Cl)ccc43)ccc2nc1-c1ccc(F)cc1. The molecule has 1 unspecified atom stereocenters. The number of rotatable bonds is 9. The highest BCUT2D eigenvalue weighted by Crippen LogP contribution is 2.34. The number of carbonyl (C=O) groups excluding carboxylic acids is 1. The van der Waals surface area contributed by atoms with E-state index in [9.17, 15) is 14.0 Å². The summed E-state index contributed by atoms with van der Waals surface area (Å²) in [5.41, 5.74) is 6.26. The van der Waals surface area contributed by atoms with Gasteiger partial charge in [-0.25, -0.2) is 9.37 Å². The molecule has 1 heterocycles. The summed E-state index contributed by atoms with van der Waals surface area (Å²) >= 11 is 6.12. The predicted molar refractivity (Wildman–Crippen MR) is 147 cm³/mol. The van der Waals surface area contributed by atoms with E-state index in [1.54, 1.807) is 18.2 Å². The molecular formula is C31H28ClFN2O3. The molecule has 0 saturated heterocycles. The van der Waals surface area contributed by atoms with Crippen molar-refractivity contribution in [2.45, 2.75) is 44.4 Å². The molecule has 5 nitrogen and oxygen atoms in total. The van der Waals surface area contributed by atoms with Crippen LogP contribution >= 0.6 is 11.6 Å². The van der Waals surface area contributed by atoms with Crippen LogP contribution in [0.25, 0.3) is 22.2 Å². The zero-order chi connectivity index (χ0) is 26.6. The minimum absolute atomic E-state index is 0.107. The maximum Gasteiger partial charge on any atom is 0.303 e. The van der Waals surface area contributed by atoms with Crippen LogP contribution in [0.5, 0.6) is 0 Å². The second kappa shape index (κ2) is 11.3. The fourth-order valence-electron chi connectivity index (χ4n) is 5.21. The number of amides is 1. The predicted octanol–water partition coefficient (Wildman–Crippen LogP) is 6.95. The second-order valence-corrected chi connectivity index (χ2v) is 10.2. The standard InChI is InChI=1S/C31H28ClFN2O3/c32-25-10-13-27-20(17-25)5-6-23(27)18-34-31(38)22-9-14-28-24(16-22)15-21(3-1-2-4-29(36)37)30(35-28)19-7-11-26(33)12-8-19/h7-17,23H,1-6,18H2,(H,34,38)(H,36,37). The van der Waals surface area contributed by atoms with Gasteiger partial charge in [0.1, 0.15) is 5.82 Å². The molecule has 1 aromatic heterocycles. The number of unbranched alkanes of at least 4 members (excludes halogenated alkanes) is 1. The van der Waals surface area contributed by atoms with Gasteiger partial charge < -0.3 is 10.4 Å². The lowest BCUT2D eigenvalue weighted by Crippen LogP contribution is -2.27. The third-order valence-corrected chi connectivity index (χ3v) is 7.41. The molecule has 2 N–H and O–H groups in total. The third-order valence-electron chi connectivity index (χ3n) is 7.18. The van der Waals surface area contributed by atoms with Gasteiger partial charge in [0.15, 0.2) is 0 Å². The van der Waals surface area contributed by atoms with Crippen LogP contribution in [0.4, 0.5) is 4.39 Å². The molecule has 1 aliphatic rings. The van der Waals surface area contributed by atoms with E-state index in [2.05, 4.69) is 11.4 Å².